The molecule has 1 amide bonds. The molecule has 0 heterocycles. The summed E-state index contributed by atoms with van der Waals surface area (Å²) in [7, 11) is 3.06. The lowest BCUT2D eigenvalue weighted by Crippen LogP contribution is -2.19. The fourth-order valence-electron chi connectivity index (χ4n) is 1.32. The van der Waals surface area contributed by atoms with E-state index < -0.39 is 18.5 Å². The second-order valence-corrected chi connectivity index (χ2v) is 3.52. The first-order valence-electron chi connectivity index (χ1n) is 5.42. The van der Waals surface area contributed by atoms with Crippen molar-refractivity contribution in [3.8, 4) is 11.5 Å². The Morgan fingerprint density at radius 2 is 2.00 bits per heavy atom. The fraction of sp³-hybridized carbons (Fsp3) is 0.231. The maximum atomic E-state index is 11.3. The molecule has 0 saturated carbocycles. The van der Waals surface area contributed by atoms with E-state index in [9.17, 15) is 9.59 Å². The molecule has 102 valence electrons. The Morgan fingerprint density at radius 1 is 1.26 bits per heavy atom. The van der Waals surface area contributed by atoms with Crippen molar-refractivity contribution in [1.82, 2.24) is 0 Å². The molecule has 0 radical (unpaired) electrons. The third kappa shape index (κ3) is 4.71. The van der Waals surface area contributed by atoms with Gasteiger partial charge in [0.1, 0.15) is 11.5 Å². The monoisotopic (exact) mass is 265 g/mol. The number of carbonyl (C=O) groups is 2. The van der Waals surface area contributed by atoms with Crippen LogP contribution in [-0.4, -0.2) is 32.7 Å². The van der Waals surface area contributed by atoms with E-state index in [1.165, 1.54) is 26.4 Å². The van der Waals surface area contributed by atoms with Crippen molar-refractivity contribution < 1.29 is 23.8 Å². The van der Waals surface area contributed by atoms with Crippen LogP contribution >= 0.6 is 0 Å². The zero-order valence-electron chi connectivity index (χ0n) is 10.7. The molecule has 0 bridgehead atoms. The third-order valence-corrected chi connectivity index (χ3v) is 2.19. The molecule has 0 atom stereocenters. The number of esters is 1. The summed E-state index contributed by atoms with van der Waals surface area (Å²) in [5, 5.41) is 0. The quantitative estimate of drug-likeness (QED) is 0.605. The van der Waals surface area contributed by atoms with Crippen molar-refractivity contribution in [1.29, 1.82) is 0 Å². The van der Waals surface area contributed by atoms with Gasteiger partial charge in [-0.25, -0.2) is 4.79 Å². The average molecular weight is 265 g/mol. The molecular weight excluding hydrogens is 250 g/mol. The fourth-order valence-corrected chi connectivity index (χ4v) is 1.32. The van der Waals surface area contributed by atoms with Gasteiger partial charge in [0.05, 0.1) is 14.2 Å². The van der Waals surface area contributed by atoms with Crippen LogP contribution in [0.3, 0.4) is 0 Å². The number of carbonyl (C=O) groups excluding carboxylic acids is 2. The molecule has 6 nitrogen and oxygen atoms in total. The van der Waals surface area contributed by atoms with E-state index in [0.29, 0.717) is 17.1 Å². The first kappa shape index (κ1) is 14.6. The van der Waals surface area contributed by atoms with Gasteiger partial charge in [-0.15, -0.1) is 0 Å². The van der Waals surface area contributed by atoms with Crippen LogP contribution in [-0.2, 0) is 14.3 Å². The van der Waals surface area contributed by atoms with Crippen molar-refractivity contribution in [2.75, 3.05) is 20.8 Å². The van der Waals surface area contributed by atoms with Crippen LogP contribution < -0.4 is 15.2 Å². The molecule has 1 aromatic carbocycles. The molecule has 1 aromatic rings. The van der Waals surface area contributed by atoms with E-state index in [0.717, 1.165) is 0 Å². The minimum Gasteiger partial charge on any atom is -0.497 e. The van der Waals surface area contributed by atoms with Crippen molar-refractivity contribution in [2.24, 2.45) is 5.73 Å². The lowest BCUT2D eigenvalue weighted by molar-refractivity contribution is -0.142. The molecule has 19 heavy (non-hydrogen) atoms. The normalized spacial score (nSPS) is 10.2. The van der Waals surface area contributed by atoms with Gasteiger partial charge < -0.3 is 19.9 Å². The van der Waals surface area contributed by atoms with Crippen LogP contribution in [0.4, 0.5) is 0 Å². The van der Waals surface area contributed by atoms with Crippen LogP contribution in [0.15, 0.2) is 24.3 Å². The van der Waals surface area contributed by atoms with Gasteiger partial charge in [0.25, 0.3) is 5.91 Å². The van der Waals surface area contributed by atoms with Crippen molar-refractivity contribution in [3.05, 3.63) is 29.8 Å². The first-order valence-corrected chi connectivity index (χ1v) is 5.42. The molecule has 2 N–H and O–H groups in total. The zero-order chi connectivity index (χ0) is 14.3. The van der Waals surface area contributed by atoms with E-state index in [4.69, 9.17) is 15.2 Å². The number of hydrogen-bond donors (Lipinski definition) is 1. The SMILES string of the molecule is COc1ccc(OC)c(C=CC(=O)OCC(N)=O)c1. The zero-order valence-corrected chi connectivity index (χ0v) is 10.7. The molecule has 6 heteroatoms. The maximum Gasteiger partial charge on any atom is 0.331 e. The lowest BCUT2D eigenvalue weighted by atomic mass is 10.1. The Kier molecular flexibility index (Phi) is 5.40. The van der Waals surface area contributed by atoms with Gasteiger partial charge in [0, 0.05) is 11.6 Å². The van der Waals surface area contributed by atoms with Gasteiger partial charge in [0.2, 0.25) is 0 Å². The largest absolute Gasteiger partial charge is 0.497 e. The van der Waals surface area contributed by atoms with Crippen molar-refractivity contribution in [2.45, 2.75) is 0 Å². The van der Waals surface area contributed by atoms with E-state index in [-0.39, 0.29) is 0 Å². The summed E-state index contributed by atoms with van der Waals surface area (Å²) in [6.45, 7) is -0.446. The minimum absolute atomic E-state index is 0.446. The first-order chi connectivity index (χ1) is 9.06. The summed E-state index contributed by atoms with van der Waals surface area (Å²) in [5.74, 6) is -0.157. The second-order valence-electron chi connectivity index (χ2n) is 3.52. The summed E-state index contributed by atoms with van der Waals surface area (Å²) in [6.07, 6.45) is 2.69. The average Bonchev–Trinajstić information content (AvgIpc) is 2.42. The number of nitrogens with two attached hydrogens (primary N) is 1. The van der Waals surface area contributed by atoms with Gasteiger partial charge >= 0.3 is 5.97 Å². The molecule has 0 saturated heterocycles. The predicted molar refractivity (Wildman–Crippen MR) is 68.7 cm³/mol. The highest BCUT2D eigenvalue weighted by molar-refractivity contribution is 5.89. The number of hydrogen-bond acceptors (Lipinski definition) is 5. The van der Waals surface area contributed by atoms with Gasteiger partial charge in [-0.2, -0.15) is 0 Å². The standard InChI is InChI=1S/C13H15NO5/c1-17-10-4-5-11(18-2)9(7-10)3-6-13(16)19-8-12(14)15/h3-7H,8H2,1-2H3,(H2,14,15). The lowest BCUT2D eigenvalue weighted by Gasteiger charge is -2.07. The van der Waals surface area contributed by atoms with Gasteiger partial charge in [-0.05, 0) is 24.3 Å². The summed E-state index contributed by atoms with van der Waals surface area (Å²) in [4.78, 5) is 21.7. The Morgan fingerprint density at radius 3 is 2.58 bits per heavy atom. The van der Waals surface area contributed by atoms with Crippen LogP contribution in [0.2, 0.25) is 0 Å². The molecule has 0 aliphatic heterocycles. The Bertz CT molecular complexity index is 496. The number of amides is 1. The summed E-state index contributed by atoms with van der Waals surface area (Å²) >= 11 is 0. The number of rotatable bonds is 6. The highest BCUT2D eigenvalue weighted by Crippen LogP contribution is 2.24. The highest BCUT2D eigenvalue weighted by atomic mass is 16.5. The van der Waals surface area contributed by atoms with Crippen LogP contribution in [0, 0.1) is 0 Å². The minimum atomic E-state index is -0.708. The summed E-state index contributed by atoms with van der Waals surface area (Å²) in [6, 6.07) is 5.16. The number of methoxy groups -OCH3 is 2. The van der Waals surface area contributed by atoms with Gasteiger partial charge in [-0.3, -0.25) is 4.79 Å². The van der Waals surface area contributed by atoms with E-state index in [2.05, 4.69) is 4.74 Å². The van der Waals surface area contributed by atoms with E-state index in [1.807, 2.05) is 0 Å². The smallest absolute Gasteiger partial charge is 0.331 e. The number of primary amides is 1. The molecular formula is C13H15NO5. The Hall–Kier alpha value is -2.50. The number of ether oxygens (including phenoxy) is 3. The molecule has 0 aliphatic rings. The number of benzene rings is 1. The van der Waals surface area contributed by atoms with Gasteiger partial charge in [-0.1, -0.05) is 0 Å². The summed E-state index contributed by atoms with van der Waals surface area (Å²) in [5.41, 5.74) is 5.51. The van der Waals surface area contributed by atoms with E-state index >= 15 is 0 Å². The van der Waals surface area contributed by atoms with Crippen LogP contribution in [0.25, 0.3) is 6.08 Å². The van der Waals surface area contributed by atoms with Crippen molar-refractivity contribution in [3.63, 3.8) is 0 Å². The predicted octanol–water partition coefficient (Wildman–Crippen LogP) is 0.745. The summed E-state index contributed by atoms with van der Waals surface area (Å²) < 4.78 is 14.8. The van der Waals surface area contributed by atoms with E-state index in [1.54, 1.807) is 18.2 Å². The topological polar surface area (TPSA) is 87.8 Å². The molecule has 0 aromatic heterocycles. The Labute approximate surface area is 110 Å². The second kappa shape index (κ2) is 7.05. The molecule has 0 fully saturated rings. The molecule has 0 aliphatic carbocycles. The Balaban J connectivity index is 2.79. The molecule has 0 spiro atoms. The van der Waals surface area contributed by atoms with Crippen LogP contribution in [0.5, 0.6) is 11.5 Å². The maximum absolute atomic E-state index is 11.3. The molecule has 1 rings (SSSR count). The highest BCUT2D eigenvalue weighted by Gasteiger charge is 2.04. The van der Waals surface area contributed by atoms with Crippen LogP contribution in [0.1, 0.15) is 5.56 Å². The van der Waals surface area contributed by atoms with Gasteiger partial charge in [0.15, 0.2) is 6.61 Å². The third-order valence-electron chi connectivity index (χ3n) is 2.19. The van der Waals surface area contributed by atoms with Crippen molar-refractivity contribution >= 4 is 18.0 Å². The molecule has 0 unspecified atom stereocenters.